The average molecular weight is 475 g/mol. The van der Waals surface area contributed by atoms with Gasteiger partial charge in [-0.3, -0.25) is 9.80 Å². The summed E-state index contributed by atoms with van der Waals surface area (Å²) in [5.74, 6) is 2.61. The van der Waals surface area contributed by atoms with Crippen LogP contribution in [0.1, 0.15) is 45.1 Å². The molecular formula is C29H38N4O2. The predicted molar refractivity (Wildman–Crippen MR) is 140 cm³/mol. The van der Waals surface area contributed by atoms with Gasteiger partial charge in [0, 0.05) is 56.8 Å². The Morgan fingerprint density at radius 3 is 2.69 bits per heavy atom. The SMILES string of the molecule is C[C@@H]1CC[C@H](C)N1Cc1cccc(OC[C@H]2CC[C@H]3CN(c4noc5ccccc45)CCN3C2)c1. The number of anilines is 1. The van der Waals surface area contributed by atoms with Gasteiger partial charge in [0.25, 0.3) is 0 Å². The smallest absolute Gasteiger partial charge is 0.180 e. The Kier molecular flexibility index (Phi) is 6.42. The predicted octanol–water partition coefficient (Wildman–Crippen LogP) is 5.18. The lowest BCUT2D eigenvalue weighted by atomic mass is 9.91. The van der Waals surface area contributed by atoms with Gasteiger partial charge in [-0.1, -0.05) is 29.4 Å². The van der Waals surface area contributed by atoms with Crippen LogP contribution in [0.2, 0.25) is 0 Å². The fourth-order valence-corrected chi connectivity index (χ4v) is 6.41. The first-order valence-electron chi connectivity index (χ1n) is 13.4. The Labute approximate surface area is 208 Å². The van der Waals surface area contributed by atoms with Crippen LogP contribution in [-0.4, -0.2) is 65.9 Å². The minimum Gasteiger partial charge on any atom is -0.493 e. The van der Waals surface area contributed by atoms with E-state index < -0.39 is 0 Å². The number of nitrogens with zero attached hydrogens (tertiary/aromatic N) is 4. The summed E-state index contributed by atoms with van der Waals surface area (Å²) in [6, 6.07) is 18.9. The van der Waals surface area contributed by atoms with Crippen LogP contribution in [0, 0.1) is 5.92 Å². The molecule has 0 aliphatic carbocycles. The number of aromatic nitrogens is 1. The molecule has 0 amide bonds. The van der Waals surface area contributed by atoms with Crippen LogP contribution < -0.4 is 9.64 Å². The number of piperazine rings is 1. The first-order chi connectivity index (χ1) is 17.1. The number of hydrogen-bond acceptors (Lipinski definition) is 6. The van der Waals surface area contributed by atoms with Crippen molar-refractivity contribution in [2.24, 2.45) is 5.92 Å². The molecule has 186 valence electrons. The van der Waals surface area contributed by atoms with E-state index in [1.165, 1.54) is 31.2 Å². The van der Waals surface area contributed by atoms with E-state index in [4.69, 9.17) is 9.26 Å². The molecule has 3 fully saturated rings. The van der Waals surface area contributed by atoms with E-state index in [-0.39, 0.29) is 0 Å². The highest BCUT2D eigenvalue weighted by Crippen LogP contribution is 2.32. The van der Waals surface area contributed by atoms with Crippen LogP contribution in [-0.2, 0) is 6.54 Å². The van der Waals surface area contributed by atoms with E-state index in [2.05, 4.69) is 70.1 Å². The molecule has 0 unspecified atom stereocenters. The van der Waals surface area contributed by atoms with Crippen LogP contribution in [0.15, 0.2) is 53.1 Å². The second-order valence-corrected chi connectivity index (χ2v) is 10.9. The van der Waals surface area contributed by atoms with Gasteiger partial charge in [0.15, 0.2) is 11.4 Å². The van der Waals surface area contributed by atoms with Crippen molar-refractivity contribution in [2.75, 3.05) is 37.7 Å². The molecule has 6 heteroatoms. The van der Waals surface area contributed by atoms with E-state index in [0.717, 1.165) is 61.9 Å². The molecule has 6 rings (SSSR count). The van der Waals surface area contributed by atoms with Crippen molar-refractivity contribution < 1.29 is 9.26 Å². The van der Waals surface area contributed by atoms with E-state index in [1.807, 2.05) is 12.1 Å². The molecule has 3 aliphatic rings. The van der Waals surface area contributed by atoms with E-state index >= 15 is 0 Å². The summed E-state index contributed by atoms with van der Waals surface area (Å²) in [6.45, 7) is 10.8. The number of rotatable bonds is 6. The summed E-state index contributed by atoms with van der Waals surface area (Å²) in [5.41, 5.74) is 2.24. The van der Waals surface area contributed by atoms with E-state index in [1.54, 1.807) is 0 Å². The minimum atomic E-state index is 0.586. The third kappa shape index (κ3) is 4.78. The Hall–Kier alpha value is -2.57. The molecular weight excluding hydrogens is 436 g/mol. The summed E-state index contributed by atoms with van der Waals surface area (Å²) in [7, 11) is 0. The van der Waals surface area contributed by atoms with Gasteiger partial charge in [0.05, 0.1) is 12.0 Å². The maximum Gasteiger partial charge on any atom is 0.180 e. The molecule has 0 N–H and O–H groups in total. The molecule has 0 radical (unpaired) electrons. The lowest BCUT2D eigenvalue weighted by molar-refractivity contribution is 0.0726. The number of likely N-dealkylation sites (tertiary alicyclic amines) is 1. The molecule has 2 aromatic carbocycles. The molecule has 1 aromatic heterocycles. The summed E-state index contributed by atoms with van der Waals surface area (Å²) < 4.78 is 11.9. The van der Waals surface area contributed by atoms with Crippen molar-refractivity contribution >= 4 is 16.8 Å². The summed E-state index contributed by atoms with van der Waals surface area (Å²) in [5, 5.41) is 5.52. The standard InChI is InChI=1S/C29H38N4O2/c1-21-10-11-22(2)33(21)18-23-6-5-7-26(16-23)34-20-24-12-13-25-19-32(15-14-31(25)17-24)29-27-8-3-4-9-28(27)35-30-29/h3-9,16,21-22,24-25H,10-15,17-20H2,1-2H3/t21-,22+,24-,25-/m0/s1. The Morgan fingerprint density at radius 2 is 1.80 bits per heavy atom. The highest BCUT2D eigenvalue weighted by Gasteiger charge is 2.34. The first kappa shape index (κ1) is 22.9. The fraction of sp³-hybridized carbons (Fsp3) is 0.552. The van der Waals surface area contributed by atoms with Gasteiger partial charge in [0.1, 0.15) is 5.75 Å². The van der Waals surface area contributed by atoms with Gasteiger partial charge in [-0.05, 0) is 69.4 Å². The molecule has 3 aromatic rings. The second kappa shape index (κ2) is 9.82. The highest BCUT2D eigenvalue weighted by molar-refractivity contribution is 5.88. The van der Waals surface area contributed by atoms with Gasteiger partial charge in [-0.15, -0.1) is 0 Å². The first-order valence-corrected chi connectivity index (χ1v) is 13.4. The van der Waals surface area contributed by atoms with Crippen LogP contribution in [0.4, 0.5) is 5.82 Å². The molecule has 3 aliphatic heterocycles. The van der Waals surface area contributed by atoms with Gasteiger partial charge in [-0.2, -0.15) is 0 Å². The largest absolute Gasteiger partial charge is 0.493 e. The third-order valence-electron chi connectivity index (χ3n) is 8.55. The van der Waals surface area contributed by atoms with Crippen LogP contribution in [0.5, 0.6) is 5.75 Å². The number of piperidine rings is 1. The third-order valence-corrected chi connectivity index (χ3v) is 8.55. The van der Waals surface area contributed by atoms with Crippen molar-refractivity contribution in [1.29, 1.82) is 0 Å². The Bertz CT molecular complexity index is 1140. The van der Waals surface area contributed by atoms with Gasteiger partial charge in [-0.25, -0.2) is 0 Å². The summed E-state index contributed by atoms with van der Waals surface area (Å²) in [6.07, 6.45) is 5.05. The zero-order valence-electron chi connectivity index (χ0n) is 21.1. The molecule has 4 heterocycles. The number of hydrogen-bond donors (Lipinski definition) is 0. The maximum atomic E-state index is 6.33. The normalized spacial score (nSPS) is 27.9. The average Bonchev–Trinajstić information content (AvgIpc) is 3.46. The van der Waals surface area contributed by atoms with Crippen molar-refractivity contribution in [1.82, 2.24) is 15.0 Å². The number of ether oxygens (including phenoxy) is 1. The lowest BCUT2D eigenvalue weighted by Crippen LogP contribution is -2.57. The lowest BCUT2D eigenvalue weighted by Gasteiger charge is -2.46. The molecule has 3 saturated heterocycles. The van der Waals surface area contributed by atoms with Crippen molar-refractivity contribution in [2.45, 2.75) is 64.2 Å². The molecule has 4 atom stereocenters. The van der Waals surface area contributed by atoms with Crippen LogP contribution in [0.25, 0.3) is 11.0 Å². The quantitative estimate of drug-likeness (QED) is 0.491. The van der Waals surface area contributed by atoms with Crippen molar-refractivity contribution in [3.8, 4) is 5.75 Å². The topological polar surface area (TPSA) is 45.0 Å². The van der Waals surface area contributed by atoms with E-state index in [9.17, 15) is 0 Å². The summed E-state index contributed by atoms with van der Waals surface area (Å²) in [4.78, 5) is 7.71. The maximum absolute atomic E-state index is 6.33. The van der Waals surface area contributed by atoms with Crippen molar-refractivity contribution in [3.63, 3.8) is 0 Å². The summed E-state index contributed by atoms with van der Waals surface area (Å²) >= 11 is 0. The van der Waals surface area contributed by atoms with Crippen LogP contribution >= 0.6 is 0 Å². The molecule has 0 saturated carbocycles. The number of benzene rings is 2. The molecule has 0 bridgehead atoms. The van der Waals surface area contributed by atoms with Gasteiger partial charge >= 0.3 is 0 Å². The van der Waals surface area contributed by atoms with E-state index in [0.29, 0.717) is 24.0 Å². The highest BCUT2D eigenvalue weighted by atomic mass is 16.5. The zero-order chi connectivity index (χ0) is 23.8. The monoisotopic (exact) mass is 474 g/mol. The Morgan fingerprint density at radius 1 is 0.943 bits per heavy atom. The van der Waals surface area contributed by atoms with Gasteiger partial charge in [0.2, 0.25) is 0 Å². The molecule has 0 spiro atoms. The second-order valence-electron chi connectivity index (χ2n) is 10.9. The van der Waals surface area contributed by atoms with Gasteiger partial charge < -0.3 is 14.2 Å². The van der Waals surface area contributed by atoms with Crippen molar-refractivity contribution in [3.05, 3.63) is 54.1 Å². The fourth-order valence-electron chi connectivity index (χ4n) is 6.41. The number of fused-ring (bicyclic) bond motifs is 2. The van der Waals surface area contributed by atoms with Crippen LogP contribution in [0.3, 0.4) is 0 Å². The minimum absolute atomic E-state index is 0.586. The Balaban J connectivity index is 1.02. The molecule has 6 nitrogen and oxygen atoms in total. The molecule has 35 heavy (non-hydrogen) atoms. The number of para-hydroxylation sites is 1. The zero-order valence-corrected chi connectivity index (χ0v) is 21.1.